The molecule has 1 aromatic heterocycles. The van der Waals surface area contributed by atoms with Crippen molar-refractivity contribution in [2.24, 2.45) is 0 Å². The van der Waals surface area contributed by atoms with Crippen molar-refractivity contribution >= 4 is 15.9 Å². The molecule has 0 bridgehead atoms. The van der Waals surface area contributed by atoms with Crippen LogP contribution < -0.4 is 10.9 Å². The molecule has 1 aromatic carbocycles. The highest BCUT2D eigenvalue weighted by Crippen LogP contribution is 2.22. The van der Waals surface area contributed by atoms with Gasteiger partial charge in [0.25, 0.3) is 5.56 Å². The Morgan fingerprint density at radius 2 is 2.05 bits per heavy atom. The van der Waals surface area contributed by atoms with Gasteiger partial charge in [-0.1, -0.05) is 28.1 Å². The number of aromatic amines is 1. The maximum atomic E-state index is 11.8. The highest BCUT2D eigenvalue weighted by Gasteiger charge is 2.19. The van der Waals surface area contributed by atoms with Crippen LogP contribution >= 0.6 is 15.9 Å². The summed E-state index contributed by atoms with van der Waals surface area (Å²) in [5.74, 6) is 0.739. The van der Waals surface area contributed by atoms with Crippen molar-refractivity contribution in [1.29, 1.82) is 0 Å². The fourth-order valence-electron chi connectivity index (χ4n) is 2.33. The van der Waals surface area contributed by atoms with E-state index in [0.717, 1.165) is 40.9 Å². The summed E-state index contributed by atoms with van der Waals surface area (Å²) in [6.45, 7) is 0.983. The molecule has 0 unspecified atom stereocenters. The van der Waals surface area contributed by atoms with Crippen LogP contribution in [0.3, 0.4) is 0 Å². The normalized spacial score (nSPS) is 18.7. The maximum Gasteiger partial charge on any atom is 0.251 e. The van der Waals surface area contributed by atoms with Gasteiger partial charge in [-0.2, -0.15) is 0 Å². The predicted molar refractivity (Wildman–Crippen MR) is 78.0 cm³/mol. The second kappa shape index (κ2) is 5.27. The van der Waals surface area contributed by atoms with Gasteiger partial charge in [0.2, 0.25) is 0 Å². The lowest BCUT2D eigenvalue weighted by Crippen LogP contribution is -2.20. The first kappa shape index (κ1) is 12.6. The van der Waals surface area contributed by atoms with Crippen molar-refractivity contribution in [3.63, 3.8) is 0 Å². The average Bonchev–Trinajstić information content (AvgIpc) is 2.93. The molecule has 98 valence electrons. The smallest absolute Gasteiger partial charge is 0.251 e. The summed E-state index contributed by atoms with van der Waals surface area (Å²) in [6, 6.07) is 9.53. The van der Waals surface area contributed by atoms with Crippen LogP contribution in [-0.2, 0) is 0 Å². The minimum Gasteiger partial charge on any atom is -0.309 e. The molecular weight excluding hydrogens is 306 g/mol. The Morgan fingerprint density at radius 3 is 2.74 bits per heavy atom. The molecule has 5 heteroatoms. The number of hydrogen-bond donors (Lipinski definition) is 2. The van der Waals surface area contributed by atoms with Crippen molar-refractivity contribution in [1.82, 2.24) is 15.3 Å². The molecule has 1 aliphatic rings. The van der Waals surface area contributed by atoms with Crippen LogP contribution in [0.4, 0.5) is 0 Å². The second-order valence-electron chi connectivity index (χ2n) is 4.67. The zero-order valence-corrected chi connectivity index (χ0v) is 11.9. The third-order valence-corrected chi connectivity index (χ3v) is 3.82. The van der Waals surface area contributed by atoms with E-state index in [1.54, 1.807) is 6.07 Å². The van der Waals surface area contributed by atoms with Crippen LogP contribution in [-0.4, -0.2) is 16.5 Å². The van der Waals surface area contributed by atoms with Gasteiger partial charge in [0.15, 0.2) is 0 Å². The molecule has 0 amide bonds. The molecule has 0 aliphatic carbocycles. The molecule has 1 aliphatic heterocycles. The number of nitrogens with one attached hydrogen (secondary N) is 2. The number of H-pyrrole nitrogens is 1. The first-order valence-electron chi connectivity index (χ1n) is 6.33. The van der Waals surface area contributed by atoms with E-state index >= 15 is 0 Å². The van der Waals surface area contributed by atoms with Crippen molar-refractivity contribution in [2.45, 2.75) is 18.9 Å². The van der Waals surface area contributed by atoms with Gasteiger partial charge < -0.3 is 10.3 Å². The molecule has 4 nitrogen and oxygen atoms in total. The lowest BCUT2D eigenvalue weighted by atomic mass is 10.1. The van der Waals surface area contributed by atoms with Crippen molar-refractivity contribution < 1.29 is 0 Å². The number of aromatic nitrogens is 2. The third-order valence-electron chi connectivity index (χ3n) is 3.29. The zero-order valence-electron chi connectivity index (χ0n) is 10.3. The molecule has 2 heterocycles. The summed E-state index contributed by atoms with van der Waals surface area (Å²) in [7, 11) is 0. The van der Waals surface area contributed by atoms with Crippen LogP contribution in [0, 0.1) is 0 Å². The van der Waals surface area contributed by atoms with Crippen LogP contribution in [0.25, 0.3) is 11.3 Å². The minimum absolute atomic E-state index is 0.100. The Balaban J connectivity index is 2.01. The molecular formula is C14H14BrN3O. The first-order chi connectivity index (χ1) is 9.22. The highest BCUT2D eigenvalue weighted by molar-refractivity contribution is 9.10. The Hall–Kier alpha value is -1.46. The molecule has 0 spiro atoms. The van der Waals surface area contributed by atoms with E-state index in [4.69, 9.17) is 0 Å². The summed E-state index contributed by atoms with van der Waals surface area (Å²) in [6.07, 6.45) is 2.14. The predicted octanol–water partition coefficient (Wildman–Crippen LogP) is 2.62. The Bertz CT molecular complexity index is 630. The van der Waals surface area contributed by atoms with Crippen LogP contribution in [0.2, 0.25) is 0 Å². The third kappa shape index (κ3) is 2.77. The van der Waals surface area contributed by atoms with Crippen molar-refractivity contribution in [3.05, 3.63) is 51.0 Å². The van der Waals surface area contributed by atoms with Gasteiger partial charge in [-0.05, 0) is 31.5 Å². The number of halogens is 1. The number of nitrogens with zero attached hydrogens (tertiary/aromatic N) is 1. The van der Waals surface area contributed by atoms with Crippen LogP contribution in [0.1, 0.15) is 24.7 Å². The lowest BCUT2D eigenvalue weighted by Gasteiger charge is -2.10. The van der Waals surface area contributed by atoms with Gasteiger partial charge in [-0.3, -0.25) is 4.79 Å². The van der Waals surface area contributed by atoms with E-state index in [1.807, 2.05) is 24.3 Å². The summed E-state index contributed by atoms with van der Waals surface area (Å²) in [4.78, 5) is 19.2. The minimum atomic E-state index is -0.100. The van der Waals surface area contributed by atoms with Gasteiger partial charge in [0, 0.05) is 16.1 Å². The second-order valence-corrected chi connectivity index (χ2v) is 5.59. The summed E-state index contributed by atoms with van der Waals surface area (Å²) in [5, 5.41) is 3.35. The molecule has 1 fully saturated rings. The molecule has 1 saturated heterocycles. The topological polar surface area (TPSA) is 57.8 Å². The molecule has 3 rings (SSSR count). The maximum absolute atomic E-state index is 11.8. The Kier molecular flexibility index (Phi) is 3.48. The number of rotatable bonds is 2. The lowest BCUT2D eigenvalue weighted by molar-refractivity contribution is 0.603. The Labute approximate surface area is 119 Å². The molecule has 19 heavy (non-hydrogen) atoms. The summed E-state index contributed by atoms with van der Waals surface area (Å²) in [5.41, 5.74) is 1.57. The van der Waals surface area contributed by atoms with E-state index < -0.39 is 0 Å². The van der Waals surface area contributed by atoms with E-state index in [1.165, 1.54) is 0 Å². The van der Waals surface area contributed by atoms with E-state index in [-0.39, 0.29) is 11.6 Å². The molecule has 2 N–H and O–H groups in total. The SMILES string of the molecule is O=c1cc(-c2ccc(Br)cc2)nc([C@@H]2CCCN2)[nH]1. The van der Waals surface area contributed by atoms with E-state index in [0.29, 0.717) is 0 Å². The van der Waals surface area contributed by atoms with Gasteiger partial charge in [-0.25, -0.2) is 4.98 Å². The molecule has 0 radical (unpaired) electrons. The molecule has 0 saturated carbocycles. The largest absolute Gasteiger partial charge is 0.309 e. The monoisotopic (exact) mass is 319 g/mol. The highest BCUT2D eigenvalue weighted by atomic mass is 79.9. The quantitative estimate of drug-likeness (QED) is 0.894. The standard InChI is InChI=1S/C14H14BrN3O/c15-10-5-3-9(4-6-10)12-8-13(19)18-14(17-12)11-2-1-7-16-11/h3-6,8,11,16H,1-2,7H2,(H,17,18,19)/t11-/m0/s1. The Morgan fingerprint density at radius 1 is 1.26 bits per heavy atom. The fraction of sp³-hybridized carbons (Fsp3) is 0.286. The van der Waals surface area contributed by atoms with E-state index in [9.17, 15) is 4.79 Å². The van der Waals surface area contributed by atoms with Crippen LogP contribution in [0.15, 0.2) is 39.6 Å². The number of hydrogen-bond acceptors (Lipinski definition) is 3. The number of benzene rings is 1. The molecule has 2 aromatic rings. The summed E-state index contributed by atoms with van der Waals surface area (Å²) < 4.78 is 1.01. The van der Waals surface area contributed by atoms with Crippen molar-refractivity contribution in [2.75, 3.05) is 6.54 Å². The van der Waals surface area contributed by atoms with E-state index in [2.05, 4.69) is 31.2 Å². The van der Waals surface area contributed by atoms with Gasteiger partial charge in [0.1, 0.15) is 5.82 Å². The van der Waals surface area contributed by atoms with Crippen LogP contribution in [0.5, 0.6) is 0 Å². The average molecular weight is 320 g/mol. The van der Waals surface area contributed by atoms with Gasteiger partial charge in [0.05, 0.1) is 11.7 Å². The zero-order chi connectivity index (χ0) is 13.2. The fourth-order valence-corrected chi connectivity index (χ4v) is 2.59. The van der Waals surface area contributed by atoms with Gasteiger partial charge in [-0.15, -0.1) is 0 Å². The summed E-state index contributed by atoms with van der Waals surface area (Å²) >= 11 is 3.40. The van der Waals surface area contributed by atoms with Gasteiger partial charge >= 0.3 is 0 Å². The van der Waals surface area contributed by atoms with Crippen molar-refractivity contribution in [3.8, 4) is 11.3 Å². The first-order valence-corrected chi connectivity index (χ1v) is 7.12. The molecule has 1 atom stereocenters.